The van der Waals surface area contributed by atoms with Crippen molar-refractivity contribution in [3.8, 4) is 22.6 Å². The normalized spacial score (nSPS) is 13.2. The topological polar surface area (TPSA) is 122 Å². The molecule has 0 fully saturated rings. The minimum atomic E-state index is -4.19. The first kappa shape index (κ1) is 24.2. The number of aliphatic carboxylic acids is 1. The summed E-state index contributed by atoms with van der Waals surface area (Å²) in [5, 5.41) is 19.8. The van der Waals surface area contributed by atoms with E-state index in [2.05, 4.69) is 4.72 Å². The lowest BCUT2D eigenvalue weighted by atomic mass is 10.1. The third-order valence-corrected chi connectivity index (χ3v) is 6.40. The highest BCUT2D eigenvalue weighted by molar-refractivity contribution is 7.89. The Morgan fingerprint density at radius 2 is 1.48 bits per heavy atom. The average Bonchev–Trinajstić information content (AvgIpc) is 2.83. The van der Waals surface area contributed by atoms with Gasteiger partial charge in [-0.05, 0) is 47.5 Å². The van der Waals surface area contributed by atoms with Gasteiger partial charge < -0.3 is 19.7 Å². The lowest BCUT2D eigenvalue weighted by molar-refractivity contribution is -0.142. The number of methoxy groups -OCH3 is 1. The highest BCUT2D eigenvalue weighted by atomic mass is 32.2. The summed E-state index contributed by atoms with van der Waals surface area (Å²) in [4.78, 5) is 11.5. The number of carbonyl (C=O) groups is 1. The summed E-state index contributed by atoms with van der Waals surface area (Å²) in [5.74, 6) is -0.218. The zero-order valence-electron chi connectivity index (χ0n) is 17.9. The summed E-state index contributed by atoms with van der Waals surface area (Å²) < 4.78 is 38.2. The average molecular weight is 472 g/mol. The molecule has 2 atom stereocenters. The van der Waals surface area contributed by atoms with Gasteiger partial charge in [0.25, 0.3) is 0 Å². The van der Waals surface area contributed by atoms with E-state index in [0.29, 0.717) is 11.5 Å². The van der Waals surface area contributed by atoms with Gasteiger partial charge >= 0.3 is 5.97 Å². The van der Waals surface area contributed by atoms with Crippen LogP contribution in [0.25, 0.3) is 11.1 Å². The second kappa shape index (κ2) is 11.0. The van der Waals surface area contributed by atoms with Gasteiger partial charge in [0.2, 0.25) is 10.0 Å². The molecule has 0 aliphatic heterocycles. The predicted molar refractivity (Wildman–Crippen MR) is 123 cm³/mol. The van der Waals surface area contributed by atoms with E-state index in [4.69, 9.17) is 9.47 Å². The third kappa shape index (κ3) is 6.55. The standard InChI is InChI=1S/C24H25NO7S/c1-31-19-11-7-17(8-12-19)18-9-13-21(14-10-18)33(29,30)25-23(24(27)28)22(26)15-16-32-20-5-3-2-4-6-20/h2-14,22-23,25-26H,15-16H2,1H3,(H,27,28)/t22-,23-/m1/s1. The van der Waals surface area contributed by atoms with Gasteiger partial charge in [-0.15, -0.1) is 0 Å². The van der Waals surface area contributed by atoms with Crippen LogP contribution in [0.3, 0.4) is 0 Å². The molecule has 0 unspecified atom stereocenters. The maximum Gasteiger partial charge on any atom is 0.324 e. The van der Waals surface area contributed by atoms with Crippen molar-refractivity contribution in [2.45, 2.75) is 23.5 Å². The minimum absolute atomic E-state index is 0.0211. The molecule has 3 aromatic carbocycles. The fourth-order valence-corrected chi connectivity index (χ4v) is 4.34. The Balaban J connectivity index is 1.66. The molecule has 0 heterocycles. The summed E-state index contributed by atoms with van der Waals surface area (Å²) >= 11 is 0. The SMILES string of the molecule is COc1ccc(-c2ccc(S(=O)(=O)N[C@@H](C(=O)O)[C@H](O)CCOc3ccccc3)cc2)cc1. The van der Waals surface area contributed by atoms with Crippen molar-refractivity contribution < 1.29 is 32.9 Å². The number of ether oxygens (including phenoxy) is 2. The van der Waals surface area contributed by atoms with Gasteiger partial charge in [-0.3, -0.25) is 4.79 Å². The fraction of sp³-hybridized carbons (Fsp3) is 0.208. The summed E-state index contributed by atoms with van der Waals surface area (Å²) in [6.07, 6.45) is -1.57. The molecule has 0 aliphatic carbocycles. The molecule has 3 rings (SSSR count). The number of para-hydroxylation sites is 1. The molecule has 33 heavy (non-hydrogen) atoms. The highest BCUT2D eigenvalue weighted by Gasteiger charge is 2.31. The number of hydrogen-bond donors (Lipinski definition) is 3. The first-order valence-electron chi connectivity index (χ1n) is 10.2. The van der Waals surface area contributed by atoms with Crippen LogP contribution in [0, 0.1) is 0 Å². The summed E-state index contributed by atoms with van der Waals surface area (Å²) in [5.41, 5.74) is 1.65. The van der Waals surface area contributed by atoms with Crippen LogP contribution in [-0.4, -0.2) is 50.5 Å². The van der Waals surface area contributed by atoms with E-state index < -0.39 is 28.1 Å². The van der Waals surface area contributed by atoms with Crippen LogP contribution in [0.15, 0.2) is 83.8 Å². The van der Waals surface area contributed by atoms with Crippen molar-refractivity contribution >= 4 is 16.0 Å². The second-order valence-electron chi connectivity index (χ2n) is 7.21. The van der Waals surface area contributed by atoms with Crippen LogP contribution >= 0.6 is 0 Å². The Bertz CT molecular complexity index is 1150. The number of rotatable bonds is 11. The minimum Gasteiger partial charge on any atom is -0.497 e. The molecule has 3 N–H and O–H groups in total. The number of aliphatic hydroxyl groups excluding tert-OH is 1. The van der Waals surface area contributed by atoms with Crippen molar-refractivity contribution in [3.63, 3.8) is 0 Å². The van der Waals surface area contributed by atoms with Gasteiger partial charge in [0.15, 0.2) is 0 Å². The van der Waals surface area contributed by atoms with Gasteiger partial charge in [0.1, 0.15) is 17.5 Å². The van der Waals surface area contributed by atoms with Gasteiger partial charge in [0.05, 0.1) is 24.7 Å². The van der Waals surface area contributed by atoms with E-state index in [1.165, 1.54) is 12.1 Å². The molecule has 3 aromatic rings. The molecule has 8 nitrogen and oxygen atoms in total. The Kier molecular flexibility index (Phi) is 8.05. The van der Waals surface area contributed by atoms with Crippen LogP contribution in [0.2, 0.25) is 0 Å². The van der Waals surface area contributed by atoms with Crippen LogP contribution in [0.4, 0.5) is 0 Å². The molecular formula is C24H25NO7S. The van der Waals surface area contributed by atoms with E-state index >= 15 is 0 Å². The number of carboxylic acids is 1. The molecule has 174 valence electrons. The number of benzene rings is 3. The van der Waals surface area contributed by atoms with Crippen molar-refractivity contribution in [2.75, 3.05) is 13.7 Å². The molecule has 0 radical (unpaired) electrons. The van der Waals surface area contributed by atoms with Crippen molar-refractivity contribution in [3.05, 3.63) is 78.9 Å². The lowest BCUT2D eigenvalue weighted by Gasteiger charge is -2.20. The molecule has 0 saturated carbocycles. The third-order valence-electron chi connectivity index (χ3n) is 4.95. The van der Waals surface area contributed by atoms with Crippen LogP contribution in [0.5, 0.6) is 11.5 Å². The fourth-order valence-electron chi connectivity index (χ4n) is 3.12. The van der Waals surface area contributed by atoms with Crippen LogP contribution in [-0.2, 0) is 14.8 Å². The predicted octanol–water partition coefficient (Wildman–Crippen LogP) is 2.92. The van der Waals surface area contributed by atoms with Gasteiger partial charge in [-0.25, -0.2) is 8.42 Å². The molecule has 0 bridgehead atoms. The Hall–Kier alpha value is -3.40. The molecule has 0 amide bonds. The lowest BCUT2D eigenvalue weighted by Crippen LogP contribution is -2.49. The largest absolute Gasteiger partial charge is 0.497 e. The van der Waals surface area contributed by atoms with Crippen molar-refractivity contribution in [1.29, 1.82) is 0 Å². The first-order valence-corrected chi connectivity index (χ1v) is 11.6. The van der Waals surface area contributed by atoms with E-state index in [0.717, 1.165) is 11.1 Å². The summed E-state index contributed by atoms with van der Waals surface area (Å²) in [7, 11) is -2.62. The second-order valence-corrected chi connectivity index (χ2v) is 8.92. The Morgan fingerprint density at radius 3 is 2.03 bits per heavy atom. The monoisotopic (exact) mass is 471 g/mol. The van der Waals surface area contributed by atoms with E-state index in [1.807, 2.05) is 18.2 Å². The van der Waals surface area contributed by atoms with Crippen molar-refractivity contribution in [2.24, 2.45) is 0 Å². The molecule has 0 spiro atoms. The van der Waals surface area contributed by atoms with Gasteiger partial charge in [0, 0.05) is 6.42 Å². The quantitative estimate of drug-likeness (QED) is 0.393. The van der Waals surface area contributed by atoms with Gasteiger partial charge in [-0.2, -0.15) is 4.72 Å². The molecule has 0 aliphatic rings. The van der Waals surface area contributed by atoms with E-state index in [-0.39, 0.29) is 17.9 Å². The number of aliphatic hydroxyl groups is 1. The Morgan fingerprint density at radius 1 is 0.909 bits per heavy atom. The number of carboxylic acid groups (broad SMARTS) is 1. The summed E-state index contributed by atoms with van der Waals surface area (Å²) in [6, 6.07) is 20.4. The molecule has 0 aromatic heterocycles. The molecule has 0 saturated heterocycles. The van der Waals surface area contributed by atoms with Crippen molar-refractivity contribution in [1.82, 2.24) is 4.72 Å². The molecular weight excluding hydrogens is 446 g/mol. The maximum absolute atomic E-state index is 12.7. The Labute approximate surface area is 192 Å². The highest BCUT2D eigenvalue weighted by Crippen LogP contribution is 2.24. The number of nitrogens with one attached hydrogen (secondary N) is 1. The van der Waals surface area contributed by atoms with E-state index in [1.54, 1.807) is 55.6 Å². The summed E-state index contributed by atoms with van der Waals surface area (Å²) in [6.45, 7) is 0.0211. The number of hydrogen-bond acceptors (Lipinski definition) is 6. The smallest absolute Gasteiger partial charge is 0.324 e. The van der Waals surface area contributed by atoms with Crippen LogP contribution < -0.4 is 14.2 Å². The van der Waals surface area contributed by atoms with Gasteiger partial charge in [-0.1, -0.05) is 42.5 Å². The first-order chi connectivity index (χ1) is 15.8. The zero-order valence-corrected chi connectivity index (χ0v) is 18.7. The van der Waals surface area contributed by atoms with Crippen LogP contribution in [0.1, 0.15) is 6.42 Å². The zero-order chi connectivity index (χ0) is 23.8. The maximum atomic E-state index is 12.7. The molecule has 9 heteroatoms. The number of sulfonamides is 1. The van der Waals surface area contributed by atoms with E-state index in [9.17, 15) is 23.4 Å².